The SMILES string of the molecule is CC1=C(C)[CH]([Ti+3])C(C)=C1C.[S-]c1ccccc1.[S-]c1ccccc1.[S-]c1ccccc1. The van der Waals surface area contributed by atoms with Crippen LogP contribution in [0, 0.1) is 0 Å². The van der Waals surface area contributed by atoms with Gasteiger partial charge in [-0.25, -0.2) is 0 Å². The van der Waals surface area contributed by atoms with Gasteiger partial charge in [0.2, 0.25) is 0 Å². The molecule has 158 valence electrons. The van der Waals surface area contributed by atoms with Gasteiger partial charge in [0.15, 0.2) is 0 Å². The minimum atomic E-state index is 0.694. The summed E-state index contributed by atoms with van der Waals surface area (Å²) in [5.41, 5.74) is 6.11. The van der Waals surface area contributed by atoms with Crippen LogP contribution < -0.4 is 0 Å². The van der Waals surface area contributed by atoms with Crippen LogP contribution >= 0.6 is 0 Å². The molecule has 0 radical (unpaired) electrons. The summed E-state index contributed by atoms with van der Waals surface area (Å²) < 4.78 is 0.694. The Morgan fingerprint density at radius 3 is 0.806 bits per heavy atom. The summed E-state index contributed by atoms with van der Waals surface area (Å²) in [6.45, 7) is 8.91. The molecule has 0 unspecified atom stereocenters. The molecule has 0 atom stereocenters. The van der Waals surface area contributed by atoms with Crippen LogP contribution in [0.25, 0.3) is 0 Å². The summed E-state index contributed by atoms with van der Waals surface area (Å²) in [6, 6.07) is 28.8. The van der Waals surface area contributed by atoms with Crippen molar-refractivity contribution in [1.82, 2.24) is 0 Å². The molecule has 3 aromatic rings. The first kappa shape index (κ1) is 27.5. The molecule has 0 nitrogen and oxygen atoms in total. The Hall–Kier alpha value is -1.49. The van der Waals surface area contributed by atoms with Gasteiger partial charge in [-0.05, 0) is 0 Å². The molecule has 0 aliphatic heterocycles. The number of rotatable bonds is 0. The maximum absolute atomic E-state index is 4.81. The smallest absolute Gasteiger partial charge is 0.0624 e. The van der Waals surface area contributed by atoms with Gasteiger partial charge in [0.1, 0.15) is 0 Å². The fourth-order valence-corrected chi connectivity index (χ4v) is 3.76. The van der Waals surface area contributed by atoms with E-state index in [-0.39, 0.29) is 0 Å². The van der Waals surface area contributed by atoms with Crippen molar-refractivity contribution >= 4 is 37.9 Å². The summed E-state index contributed by atoms with van der Waals surface area (Å²) in [5, 5.41) is 0. The van der Waals surface area contributed by atoms with Crippen molar-refractivity contribution in [2.75, 3.05) is 0 Å². The summed E-state index contributed by atoms with van der Waals surface area (Å²) in [5.74, 6) is 0. The van der Waals surface area contributed by atoms with E-state index in [1.165, 1.54) is 11.1 Å². The standard InChI is InChI=1S/C9H13.3C6H6S.Ti/c1-6-5-7(2)9(4)8(6)3;3*7-6-4-2-1-3-5-6;/h5H,1-4H3;3*1-5,7H;/q;;;;+3/p-3. The summed E-state index contributed by atoms with van der Waals surface area (Å²) in [7, 11) is 0. The minimum Gasteiger partial charge on any atom is -0.780 e. The summed E-state index contributed by atoms with van der Waals surface area (Å²) in [6.07, 6.45) is 0. The second-order valence-corrected chi connectivity index (χ2v) is 9.30. The van der Waals surface area contributed by atoms with E-state index in [2.05, 4.69) is 48.1 Å². The maximum Gasteiger partial charge on any atom is -0.0624 e. The topological polar surface area (TPSA) is 0 Å². The van der Waals surface area contributed by atoms with E-state index in [9.17, 15) is 0 Å². The molecule has 4 rings (SSSR count). The van der Waals surface area contributed by atoms with Gasteiger partial charge in [0, 0.05) is 0 Å². The molecule has 0 aromatic heterocycles. The first-order valence-corrected chi connectivity index (χ1v) is 12.1. The van der Waals surface area contributed by atoms with Gasteiger partial charge >= 0.3 is 74.6 Å². The van der Waals surface area contributed by atoms with Crippen LogP contribution in [-0.2, 0) is 58.3 Å². The van der Waals surface area contributed by atoms with Crippen molar-refractivity contribution in [2.45, 2.75) is 46.6 Å². The number of hydrogen-bond acceptors (Lipinski definition) is 3. The van der Waals surface area contributed by atoms with Gasteiger partial charge in [0.05, 0.1) is 0 Å². The van der Waals surface area contributed by atoms with E-state index in [1.807, 2.05) is 91.0 Å². The molecular weight excluding hydrogens is 468 g/mol. The first-order valence-electron chi connectivity index (χ1n) is 9.96. The fraction of sp³-hybridized carbons (Fsp3) is 0.185. The second kappa shape index (κ2) is 15.3. The molecule has 1 aliphatic rings. The fourth-order valence-electron chi connectivity index (χ4n) is 2.61. The van der Waals surface area contributed by atoms with Crippen LogP contribution in [0.4, 0.5) is 0 Å². The van der Waals surface area contributed by atoms with Gasteiger partial charge in [-0.2, -0.15) is 14.7 Å². The van der Waals surface area contributed by atoms with E-state index in [1.54, 1.807) is 11.1 Å². The zero-order valence-corrected chi connectivity index (χ0v) is 22.5. The van der Waals surface area contributed by atoms with E-state index in [0.717, 1.165) is 14.7 Å². The first-order chi connectivity index (χ1) is 14.7. The Labute approximate surface area is 216 Å². The van der Waals surface area contributed by atoms with Crippen LogP contribution in [0.1, 0.15) is 27.7 Å². The van der Waals surface area contributed by atoms with E-state index in [0.29, 0.717) is 4.22 Å². The molecule has 0 saturated carbocycles. The maximum atomic E-state index is 4.81. The Morgan fingerprint density at radius 1 is 0.484 bits per heavy atom. The molecule has 31 heavy (non-hydrogen) atoms. The third-order valence-corrected chi connectivity index (χ3v) is 7.01. The van der Waals surface area contributed by atoms with E-state index < -0.39 is 0 Å². The second-order valence-electron chi connectivity index (χ2n) is 6.99. The third kappa shape index (κ3) is 11.1. The molecule has 0 heterocycles. The molecule has 0 amide bonds. The quantitative estimate of drug-likeness (QED) is 0.230. The van der Waals surface area contributed by atoms with Crippen LogP contribution in [0.15, 0.2) is 128 Å². The third-order valence-electron chi connectivity index (χ3n) is 4.84. The van der Waals surface area contributed by atoms with E-state index >= 15 is 0 Å². The molecule has 3 aromatic carbocycles. The number of benzene rings is 3. The van der Waals surface area contributed by atoms with Crippen molar-refractivity contribution in [3.05, 3.63) is 113 Å². The van der Waals surface area contributed by atoms with Gasteiger partial charge < -0.3 is 37.9 Å². The van der Waals surface area contributed by atoms with Crippen molar-refractivity contribution in [2.24, 2.45) is 0 Å². The predicted molar refractivity (Wildman–Crippen MR) is 137 cm³/mol. The van der Waals surface area contributed by atoms with Crippen LogP contribution in [0.5, 0.6) is 0 Å². The van der Waals surface area contributed by atoms with E-state index in [4.69, 9.17) is 37.9 Å². The Morgan fingerprint density at radius 2 is 0.710 bits per heavy atom. The number of hydrogen-bond donors (Lipinski definition) is 0. The summed E-state index contributed by atoms with van der Waals surface area (Å²) >= 11 is 16.7. The zero-order valence-electron chi connectivity index (χ0n) is 18.5. The van der Waals surface area contributed by atoms with Gasteiger partial charge in [-0.1, -0.05) is 91.0 Å². The minimum absolute atomic E-state index is 0.694. The van der Waals surface area contributed by atoms with Crippen LogP contribution in [0.2, 0.25) is 4.22 Å². The zero-order chi connectivity index (χ0) is 23.2. The molecule has 0 saturated heterocycles. The van der Waals surface area contributed by atoms with Gasteiger partial charge in [-0.3, -0.25) is 0 Å². The van der Waals surface area contributed by atoms with Crippen LogP contribution in [-0.4, -0.2) is 0 Å². The van der Waals surface area contributed by atoms with Crippen molar-refractivity contribution in [1.29, 1.82) is 0 Å². The molecule has 0 bridgehead atoms. The average Bonchev–Trinajstić information content (AvgIpc) is 2.94. The van der Waals surface area contributed by atoms with Crippen molar-refractivity contribution < 1.29 is 20.4 Å². The molecule has 0 fully saturated rings. The molecule has 0 N–H and O–H groups in total. The Bertz CT molecular complexity index is 836. The number of allylic oxidation sites excluding steroid dienone is 4. The monoisotopic (exact) mass is 496 g/mol. The van der Waals surface area contributed by atoms with Crippen molar-refractivity contribution in [3.8, 4) is 0 Å². The summed E-state index contributed by atoms with van der Waals surface area (Å²) in [4.78, 5) is 2.72. The molecular formula is C27H28S3Ti. The van der Waals surface area contributed by atoms with Crippen LogP contribution in [0.3, 0.4) is 0 Å². The Kier molecular flexibility index (Phi) is 13.6. The predicted octanol–water partition coefficient (Wildman–Crippen LogP) is 7.79. The van der Waals surface area contributed by atoms with Gasteiger partial charge in [0.25, 0.3) is 0 Å². The van der Waals surface area contributed by atoms with Gasteiger partial charge in [-0.15, -0.1) is 0 Å². The average molecular weight is 497 g/mol. The Balaban J connectivity index is 0.000000209. The largest absolute Gasteiger partial charge is 0.780 e. The molecule has 1 aliphatic carbocycles. The normalized spacial score (nSPS) is 12.7. The molecule has 4 heteroatoms. The molecule has 0 spiro atoms. The van der Waals surface area contributed by atoms with Crippen molar-refractivity contribution in [3.63, 3.8) is 0 Å².